The van der Waals surface area contributed by atoms with Gasteiger partial charge < -0.3 is 14.8 Å². The predicted molar refractivity (Wildman–Crippen MR) is 82.0 cm³/mol. The zero-order valence-corrected chi connectivity index (χ0v) is 13.1. The van der Waals surface area contributed by atoms with Crippen LogP contribution < -0.4 is 14.8 Å². The van der Waals surface area contributed by atoms with Crippen molar-refractivity contribution in [2.75, 3.05) is 14.2 Å². The molecule has 1 N–H and O–H groups in total. The molecule has 0 aliphatic carbocycles. The molecule has 0 radical (unpaired) electrons. The third kappa shape index (κ3) is 3.95. The fourth-order valence-corrected chi connectivity index (χ4v) is 2.23. The second kappa shape index (κ2) is 7.26. The molecule has 106 valence electrons. The number of hydrogen-bond acceptors (Lipinski definition) is 4. The first kappa shape index (κ1) is 14.8. The molecule has 0 unspecified atom stereocenters. The van der Waals surface area contributed by atoms with E-state index in [1.165, 1.54) is 0 Å². The third-order valence-electron chi connectivity index (χ3n) is 2.76. The average molecular weight is 337 g/mol. The van der Waals surface area contributed by atoms with Crippen molar-refractivity contribution in [2.45, 2.75) is 13.2 Å². The molecule has 0 bridgehead atoms. The molecule has 0 saturated heterocycles. The Hall–Kier alpha value is -1.59. The molecule has 0 atom stereocenters. The summed E-state index contributed by atoms with van der Waals surface area (Å²) in [6, 6.07) is 11.6. The van der Waals surface area contributed by atoms with Gasteiger partial charge in [-0.05, 0) is 31.3 Å². The third-order valence-corrected chi connectivity index (χ3v) is 3.25. The lowest BCUT2D eigenvalue weighted by molar-refractivity contribution is 0.294. The van der Waals surface area contributed by atoms with E-state index in [9.17, 15) is 0 Å². The van der Waals surface area contributed by atoms with Crippen LogP contribution in [0.5, 0.6) is 11.6 Å². The van der Waals surface area contributed by atoms with Crippen molar-refractivity contribution < 1.29 is 9.47 Å². The number of hydrogen-bond donors (Lipinski definition) is 1. The number of methoxy groups -OCH3 is 1. The van der Waals surface area contributed by atoms with Crippen LogP contribution in [-0.4, -0.2) is 19.1 Å². The lowest BCUT2D eigenvalue weighted by Gasteiger charge is -2.12. The zero-order chi connectivity index (χ0) is 14.4. The molecule has 0 amide bonds. The van der Waals surface area contributed by atoms with Crippen molar-refractivity contribution in [3.63, 3.8) is 0 Å². The fraction of sp³-hybridized carbons (Fsp3) is 0.267. The summed E-state index contributed by atoms with van der Waals surface area (Å²) in [5.41, 5.74) is 1.94. The van der Waals surface area contributed by atoms with Crippen LogP contribution in [0.3, 0.4) is 0 Å². The SMILES string of the molecule is CNCc1cc(Br)ccc1OCc1cccc(OC)n1. The van der Waals surface area contributed by atoms with Crippen LogP contribution in [-0.2, 0) is 13.2 Å². The number of aromatic nitrogens is 1. The Morgan fingerprint density at radius 3 is 2.85 bits per heavy atom. The highest BCUT2D eigenvalue weighted by Gasteiger charge is 2.05. The molecule has 1 aromatic carbocycles. The Kier molecular flexibility index (Phi) is 5.38. The smallest absolute Gasteiger partial charge is 0.213 e. The van der Waals surface area contributed by atoms with Crippen LogP contribution >= 0.6 is 15.9 Å². The highest BCUT2D eigenvalue weighted by Crippen LogP contribution is 2.24. The van der Waals surface area contributed by atoms with E-state index in [-0.39, 0.29) is 0 Å². The summed E-state index contributed by atoms with van der Waals surface area (Å²) in [6.45, 7) is 1.16. The maximum Gasteiger partial charge on any atom is 0.213 e. The van der Waals surface area contributed by atoms with Gasteiger partial charge in [-0.15, -0.1) is 0 Å². The largest absolute Gasteiger partial charge is 0.487 e. The first-order chi connectivity index (χ1) is 9.72. The Morgan fingerprint density at radius 1 is 1.25 bits per heavy atom. The van der Waals surface area contributed by atoms with Gasteiger partial charge in [0.2, 0.25) is 5.88 Å². The van der Waals surface area contributed by atoms with Gasteiger partial charge >= 0.3 is 0 Å². The van der Waals surface area contributed by atoms with Crippen LogP contribution in [0.15, 0.2) is 40.9 Å². The van der Waals surface area contributed by atoms with Crippen LogP contribution in [0.25, 0.3) is 0 Å². The minimum absolute atomic E-state index is 0.412. The molecule has 0 fully saturated rings. The Bertz CT molecular complexity index is 576. The van der Waals surface area contributed by atoms with Gasteiger partial charge in [0, 0.05) is 22.6 Å². The predicted octanol–water partition coefficient (Wildman–Crippen LogP) is 3.15. The van der Waals surface area contributed by atoms with Gasteiger partial charge in [-0.2, -0.15) is 0 Å². The molecule has 2 rings (SSSR count). The monoisotopic (exact) mass is 336 g/mol. The zero-order valence-electron chi connectivity index (χ0n) is 11.5. The van der Waals surface area contributed by atoms with Gasteiger partial charge in [0.15, 0.2) is 0 Å². The van der Waals surface area contributed by atoms with Crippen LogP contribution in [0, 0.1) is 0 Å². The van der Waals surface area contributed by atoms with E-state index in [1.54, 1.807) is 7.11 Å². The summed E-state index contributed by atoms with van der Waals surface area (Å²) in [7, 11) is 3.51. The summed E-state index contributed by atoms with van der Waals surface area (Å²) >= 11 is 3.47. The standard InChI is InChI=1S/C15H17BrN2O2/c1-17-9-11-8-12(16)6-7-14(11)20-10-13-4-3-5-15(18-13)19-2/h3-8,17H,9-10H2,1-2H3. The number of ether oxygens (including phenoxy) is 2. The highest BCUT2D eigenvalue weighted by atomic mass is 79.9. The summed E-state index contributed by atoms with van der Waals surface area (Å²) in [5, 5.41) is 3.13. The second-order valence-corrected chi connectivity index (χ2v) is 5.16. The van der Waals surface area contributed by atoms with E-state index < -0.39 is 0 Å². The van der Waals surface area contributed by atoms with Gasteiger partial charge in [0.25, 0.3) is 0 Å². The molecule has 20 heavy (non-hydrogen) atoms. The molecule has 0 spiro atoms. The summed E-state index contributed by atoms with van der Waals surface area (Å²) in [6.07, 6.45) is 0. The van der Waals surface area contributed by atoms with Crippen molar-refractivity contribution in [3.8, 4) is 11.6 Å². The average Bonchev–Trinajstić information content (AvgIpc) is 2.47. The maximum atomic E-state index is 5.85. The summed E-state index contributed by atoms with van der Waals surface area (Å²) in [4.78, 5) is 4.33. The lowest BCUT2D eigenvalue weighted by Crippen LogP contribution is -2.08. The number of benzene rings is 1. The summed E-state index contributed by atoms with van der Waals surface area (Å²) in [5.74, 6) is 1.45. The molecular weight excluding hydrogens is 320 g/mol. The van der Waals surface area contributed by atoms with Crippen molar-refractivity contribution in [3.05, 3.63) is 52.1 Å². The molecule has 1 aromatic heterocycles. The molecule has 5 heteroatoms. The van der Waals surface area contributed by atoms with Crippen molar-refractivity contribution in [2.24, 2.45) is 0 Å². The van der Waals surface area contributed by atoms with Crippen molar-refractivity contribution in [1.29, 1.82) is 0 Å². The minimum atomic E-state index is 0.412. The summed E-state index contributed by atoms with van der Waals surface area (Å²) < 4.78 is 12.0. The Balaban J connectivity index is 2.09. The Labute approximate surface area is 127 Å². The maximum absolute atomic E-state index is 5.85. The van der Waals surface area contributed by atoms with E-state index >= 15 is 0 Å². The topological polar surface area (TPSA) is 43.4 Å². The van der Waals surface area contributed by atoms with Crippen LogP contribution in [0.2, 0.25) is 0 Å². The highest BCUT2D eigenvalue weighted by molar-refractivity contribution is 9.10. The Morgan fingerprint density at radius 2 is 2.10 bits per heavy atom. The van der Waals surface area contributed by atoms with Gasteiger partial charge in [0.1, 0.15) is 12.4 Å². The van der Waals surface area contributed by atoms with E-state index in [0.717, 1.165) is 28.0 Å². The second-order valence-electron chi connectivity index (χ2n) is 4.24. The quantitative estimate of drug-likeness (QED) is 0.879. The van der Waals surface area contributed by atoms with Crippen molar-refractivity contribution >= 4 is 15.9 Å². The van der Waals surface area contributed by atoms with E-state index in [4.69, 9.17) is 9.47 Å². The van der Waals surface area contributed by atoms with Gasteiger partial charge in [0.05, 0.1) is 12.8 Å². The van der Waals surface area contributed by atoms with Crippen LogP contribution in [0.4, 0.5) is 0 Å². The molecule has 2 aromatic rings. The van der Waals surface area contributed by atoms with Gasteiger partial charge in [-0.1, -0.05) is 22.0 Å². The first-order valence-electron chi connectivity index (χ1n) is 6.28. The number of halogens is 1. The molecule has 1 heterocycles. The minimum Gasteiger partial charge on any atom is -0.487 e. The molecule has 0 saturated carbocycles. The first-order valence-corrected chi connectivity index (χ1v) is 7.08. The lowest BCUT2D eigenvalue weighted by atomic mass is 10.2. The number of pyridine rings is 1. The van der Waals surface area contributed by atoms with E-state index in [1.807, 2.05) is 43.4 Å². The molecular formula is C15H17BrN2O2. The van der Waals surface area contributed by atoms with Crippen LogP contribution in [0.1, 0.15) is 11.3 Å². The number of nitrogens with zero attached hydrogens (tertiary/aromatic N) is 1. The van der Waals surface area contributed by atoms with E-state index in [2.05, 4.69) is 26.2 Å². The molecule has 4 nitrogen and oxygen atoms in total. The fourth-order valence-electron chi connectivity index (χ4n) is 1.82. The number of rotatable bonds is 6. The normalized spacial score (nSPS) is 10.3. The molecule has 0 aliphatic rings. The van der Waals surface area contributed by atoms with Gasteiger partial charge in [-0.25, -0.2) is 4.98 Å². The van der Waals surface area contributed by atoms with Crippen molar-refractivity contribution in [1.82, 2.24) is 10.3 Å². The molecule has 0 aliphatic heterocycles. The number of nitrogens with one attached hydrogen (secondary N) is 1. The van der Waals surface area contributed by atoms with E-state index in [0.29, 0.717) is 12.5 Å². The van der Waals surface area contributed by atoms with Gasteiger partial charge in [-0.3, -0.25) is 0 Å².